The SMILES string of the molecule is CCc1ccc(-c2noc(C3=C(C)N(CCc4ccccc4)C(=S)NC3c3ccccc3)n2)cc1. The summed E-state index contributed by atoms with van der Waals surface area (Å²) in [4.78, 5) is 6.95. The van der Waals surface area contributed by atoms with Crippen molar-refractivity contribution < 1.29 is 4.52 Å². The quantitative estimate of drug-likeness (QED) is 0.318. The number of aryl methyl sites for hydroxylation is 1. The van der Waals surface area contributed by atoms with Gasteiger partial charge in [-0.05, 0) is 48.7 Å². The lowest BCUT2D eigenvalue weighted by Gasteiger charge is -2.37. The summed E-state index contributed by atoms with van der Waals surface area (Å²) in [5.74, 6) is 1.09. The molecular weight excluding hydrogens is 452 g/mol. The van der Waals surface area contributed by atoms with Crippen LogP contribution in [0.1, 0.15) is 42.5 Å². The predicted octanol–water partition coefficient (Wildman–Crippen LogP) is 6.20. The molecule has 1 atom stereocenters. The van der Waals surface area contributed by atoms with Crippen LogP contribution in [0.3, 0.4) is 0 Å². The number of rotatable bonds is 7. The van der Waals surface area contributed by atoms with Crippen molar-refractivity contribution in [1.82, 2.24) is 20.4 Å². The highest BCUT2D eigenvalue weighted by molar-refractivity contribution is 7.80. The van der Waals surface area contributed by atoms with Crippen molar-refractivity contribution in [2.24, 2.45) is 0 Å². The molecule has 0 amide bonds. The van der Waals surface area contributed by atoms with E-state index < -0.39 is 0 Å². The average Bonchev–Trinajstić information content (AvgIpc) is 3.39. The van der Waals surface area contributed by atoms with E-state index in [4.69, 9.17) is 21.7 Å². The maximum absolute atomic E-state index is 5.85. The highest BCUT2D eigenvalue weighted by Gasteiger charge is 2.33. The summed E-state index contributed by atoms with van der Waals surface area (Å²) in [5, 5.41) is 8.55. The molecule has 1 aliphatic rings. The van der Waals surface area contributed by atoms with E-state index in [1.54, 1.807) is 0 Å². The molecule has 1 aliphatic heterocycles. The zero-order chi connectivity index (χ0) is 24.2. The van der Waals surface area contributed by atoms with Crippen LogP contribution in [0.25, 0.3) is 17.0 Å². The molecule has 35 heavy (non-hydrogen) atoms. The lowest BCUT2D eigenvalue weighted by atomic mass is 9.94. The minimum absolute atomic E-state index is 0.174. The van der Waals surface area contributed by atoms with Crippen molar-refractivity contribution in [3.63, 3.8) is 0 Å². The van der Waals surface area contributed by atoms with Crippen molar-refractivity contribution in [1.29, 1.82) is 0 Å². The van der Waals surface area contributed by atoms with Gasteiger partial charge < -0.3 is 14.7 Å². The normalized spacial score (nSPS) is 15.9. The predicted molar refractivity (Wildman–Crippen MR) is 143 cm³/mol. The molecule has 6 heteroatoms. The lowest BCUT2D eigenvalue weighted by Crippen LogP contribution is -2.46. The molecule has 1 unspecified atom stereocenters. The summed E-state index contributed by atoms with van der Waals surface area (Å²) < 4.78 is 5.85. The standard InChI is InChI=1S/C29H28N4OS/c1-3-21-14-16-24(17-15-21)27-31-28(34-32-27)25-20(2)33(19-18-22-10-6-4-7-11-22)29(35)30-26(25)23-12-8-5-9-13-23/h4-17,26H,3,18-19H2,1-2H3,(H,30,35). The first-order valence-corrected chi connectivity index (χ1v) is 12.4. The van der Waals surface area contributed by atoms with Gasteiger partial charge in [0.25, 0.3) is 5.89 Å². The van der Waals surface area contributed by atoms with E-state index >= 15 is 0 Å². The summed E-state index contributed by atoms with van der Waals surface area (Å²) >= 11 is 5.82. The van der Waals surface area contributed by atoms with Crippen LogP contribution in [0.4, 0.5) is 0 Å². The van der Waals surface area contributed by atoms with Crippen LogP contribution in [0.15, 0.2) is 95.1 Å². The van der Waals surface area contributed by atoms with Gasteiger partial charge in [-0.3, -0.25) is 0 Å². The highest BCUT2D eigenvalue weighted by atomic mass is 32.1. The van der Waals surface area contributed by atoms with E-state index in [-0.39, 0.29) is 6.04 Å². The third kappa shape index (κ3) is 4.88. The Morgan fingerprint density at radius 3 is 2.29 bits per heavy atom. The van der Waals surface area contributed by atoms with Crippen molar-refractivity contribution in [3.05, 3.63) is 113 Å². The fourth-order valence-corrected chi connectivity index (χ4v) is 4.79. The smallest absolute Gasteiger partial charge is 0.258 e. The number of nitrogens with zero attached hydrogens (tertiary/aromatic N) is 3. The fourth-order valence-electron chi connectivity index (χ4n) is 4.45. The molecule has 1 N–H and O–H groups in total. The van der Waals surface area contributed by atoms with Crippen LogP contribution in [0.2, 0.25) is 0 Å². The number of nitrogens with one attached hydrogen (secondary N) is 1. The third-order valence-electron chi connectivity index (χ3n) is 6.47. The monoisotopic (exact) mass is 480 g/mol. The largest absolute Gasteiger partial charge is 0.351 e. The Hall–Kier alpha value is -3.77. The van der Waals surface area contributed by atoms with Crippen LogP contribution in [0.5, 0.6) is 0 Å². The Morgan fingerprint density at radius 2 is 1.60 bits per heavy atom. The van der Waals surface area contributed by atoms with E-state index in [9.17, 15) is 0 Å². The van der Waals surface area contributed by atoms with Gasteiger partial charge in [0.2, 0.25) is 5.82 Å². The Labute approximate surface area is 211 Å². The summed E-state index contributed by atoms with van der Waals surface area (Å²) in [5.41, 5.74) is 6.55. The van der Waals surface area contributed by atoms with Gasteiger partial charge in [0.1, 0.15) is 0 Å². The molecule has 3 aromatic carbocycles. The second kappa shape index (κ2) is 10.2. The van der Waals surface area contributed by atoms with Crippen molar-refractivity contribution in [2.75, 3.05) is 6.54 Å². The van der Waals surface area contributed by atoms with Crippen molar-refractivity contribution in [3.8, 4) is 11.4 Å². The molecule has 2 heterocycles. The van der Waals surface area contributed by atoms with E-state index in [1.807, 2.05) is 36.4 Å². The fraction of sp³-hybridized carbons (Fsp3) is 0.207. The van der Waals surface area contributed by atoms with E-state index in [2.05, 4.69) is 77.8 Å². The number of hydrogen-bond donors (Lipinski definition) is 1. The maximum atomic E-state index is 5.85. The van der Waals surface area contributed by atoms with E-state index in [0.717, 1.165) is 41.8 Å². The minimum Gasteiger partial charge on any atom is -0.351 e. The van der Waals surface area contributed by atoms with Crippen LogP contribution >= 0.6 is 12.2 Å². The number of benzene rings is 3. The Balaban J connectivity index is 1.52. The first-order chi connectivity index (χ1) is 17.1. The number of thiocarbonyl (C=S) groups is 1. The van der Waals surface area contributed by atoms with Gasteiger partial charge in [0.15, 0.2) is 5.11 Å². The summed E-state index contributed by atoms with van der Waals surface area (Å²) in [6, 6.07) is 28.8. The van der Waals surface area contributed by atoms with Gasteiger partial charge in [0.05, 0.1) is 11.6 Å². The maximum Gasteiger partial charge on any atom is 0.258 e. The van der Waals surface area contributed by atoms with Crippen LogP contribution in [-0.4, -0.2) is 26.7 Å². The van der Waals surface area contributed by atoms with Crippen LogP contribution < -0.4 is 5.32 Å². The average molecular weight is 481 g/mol. The van der Waals surface area contributed by atoms with Crippen LogP contribution in [-0.2, 0) is 12.8 Å². The number of hydrogen-bond acceptors (Lipinski definition) is 4. The molecule has 0 aliphatic carbocycles. The van der Waals surface area contributed by atoms with Gasteiger partial charge >= 0.3 is 0 Å². The first kappa shape index (κ1) is 23.0. The van der Waals surface area contributed by atoms with Crippen molar-refractivity contribution in [2.45, 2.75) is 32.7 Å². The Bertz CT molecular complexity index is 1330. The third-order valence-corrected chi connectivity index (χ3v) is 6.81. The van der Waals surface area contributed by atoms with Crippen molar-refractivity contribution >= 4 is 22.9 Å². The summed E-state index contributed by atoms with van der Waals surface area (Å²) in [6.45, 7) is 4.99. The first-order valence-electron chi connectivity index (χ1n) is 11.9. The molecule has 5 rings (SSSR count). The lowest BCUT2D eigenvalue weighted by molar-refractivity contribution is 0.397. The van der Waals surface area contributed by atoms with Gasteiger partial charge in [0, 0.05) is 17.8 Å². The zero-order valence-corrected chi connectivity index (χ0v) is 20.8. The Kier molecular flexibility index (Phi) is 6.73. The summed E-state index contributed by atoms with van der Waals surface area (Å²) in [7, 11) is 0. The van der Waals surface area contributed by atoms with Gasteiger partial charge in [-0.15, -0.1) is 0 Å². The molecule has 176 valence electrons. The number of aromatic nitrogens is 2. The van der Waals surface area contributed by atoms with Gasteiger partial charge in [-0.1, -0.05) is 97.0 Å². The second-order valence-corrected chi connectivity index (χ2v) is 9.04. The summed E-state index contributed by atoms with van der Waals surface area (Å²) in [6.07, 6.45) is 1.87. The molecule has 0 radical (unpaired) electrons. The molecule has 1 aromatic heterocycles. The molecule has 0 fully saturated rings. The molecule has 5 nitrogen and oxygen atoms in total. The molecule has 0 saturated heterocycles. The Morgan fingerprint density at radius 1 is 0.914 bits per heavy atom. The minimum atomic E-state index is -0.174. The second-order valence-electron chi connectivity index (χ2n) is 8.65. The van der Waals surface area contributed by atoms with Crippen LogP contribution in [0, 0.1) is 0 Å². The zero-order valence-electron chi connectivity index (χ0n) is 19.9. The van der Waals surface area contributed by atoms with Gasteiger partial charge in [-0.2, -0.15) is 4.98 Å². The number of allylic oxidation sites excluding steroid dienone is 1. The molecular formula is C29H28N4OS. The molecule has 0 saturated carbocycles. The topological polar surface area (TPSA) is 54.2 Å². The van der Waals surface area contributed by atoms with E-state index in [0.29, 0.717) is 16.8 Å². The highest BCUT2D eigenvalue weighted by Crippen LogP contribution is 2.37. The van der Waals surface area contributed by atoms with E-state index in [1.165, 1.54) is 11.1 Å². The van der Waals surface area contributed by atoms with Gasteiger partial charge in [-0.25, -0.2) is 0 Å². The molecule has 0 spiro atoms. The molecule has 0 bridgehead atoms. The molecule has 4 aromatic rings.